The van der Waals surface area contributed by atoms with Gasteiger partial charge in [-0.15, -0.1) is 0 Å². The molecule has 3 rings (SSSR count). The lowest BCUT2D eigenvalue weighted by Crippen LogP contribution is -2.26. The second-order valence-corrected chi connectivity index (χ2v) is 5.03. The number of nitrogens with zero attached hydrogens (tertiary/aromatic N) is 2. The number of nitrogens with two attached hydrogens (primary N) is 1. The number of aromatic nitrogens is 1. The van der Waals surface area contributed by atoms with E-state index in [2.05, 4.69) is 10.5 Å². The normalized spacial score (nSPS) is 13.3. The topological polar surface area (TPSA) is 93.6 Å². The van der Waals surface area contributed by atoms with Crippen LogP contribution in [0.15, 0.2) is 22.7 Å². The number of nitrogen functional groups attached to an aromatic ring is 1. The van der Waals surface area contributed by atoms with Crippen LogP contribution in [0, 0.1) is 6.92 Å². The number of nitrogens with one attached hydrogen (secondary N) is 1. The Bertz CT molecular complexity index is 696. The summed E-state index contributed by atoms with van der Waals surface area (Å²) in [7, 11) is 1.90. The summed E-state index contributed by atoms with van der Waals surface area (Å²) in [5, 5.41) is 6.73. The molecule has 1 aromatic carbocycles. The van der Waals surface area contributed by atoms with Crippen LogP contribution in [-0.2, 0) is 11.3 Å². The Balaban J connectivity index is 1.87. The molecule has 0 bridgehead atoms. The largest absolute Gasteiger partial charge is 0.482 e. The van der Waals surface area contributed by atoms with Crippen LogP contribution in [0.4, 0.5) is 17.1 Å². The summed E-state index contributed by atoms with van der Waals surface area (Å²) in [5.74, 6) is 1.17. The van der Waals surface area contributed by atoms with E-state index in [0.29, 0.717) is 23.7 Å². The quantitative estimate of drug-likeness (QED) is 0.832. The van der Waals surface area contributed by atoms with Gasteiger partial charge in [-0.1, -0.05) is 5.16 Å². The average molecular weight is 288 g/mol. The molecule has 2 heterocycles. The highest BCUT2D eigenvalue weighted by Crippen LogP contribution is 2.36. The number of amides is 1. The van der Waals surface area contributed by atoms with Crippen LogP contribution < -0.4 is 20.7 Å². The van der Waals surface area contributed by atoms with E-state index in [1.165, 1.54) is 0 Å². The Morgan fingerprint density at radius 3 is 2.95 bits per heavy atom. The van der Waals surface area contributed by atoms with Crippen molar-refractivity contribution in [3.63, 3.8) is 0 Å². The van der Waals surface area contributed by atoms with E-state index in [4.69, 9.17) is 15.0 Å². The summed E-state index contributed by atoms with van der Waals surface area (Å²) in [6.07, 6.45) is 0. The van der Waals surface area contributed by atoms with Crippen molar-refractivity contribution in [3.05, 3.63) is 29.7 Å². The Morgan fingerprint density at radius 1 is 1.43 bits per heavy atom. The molecule has 3 N–H and O–H groups in total. The molecule has 0 saturated carbocycles. The maximum Gasteiger partial charge on any atom is 0.262 e. The summed E-state index contributed by atoms with van der Waals surface area (Å²) >= 11 is 0. The van der Waals surface area contributed by atoms with E-state index >= 15 is 0 Å². The molecule has 2 aromatic rings. The molecule has 0 unspecified atom stereocenters. The molecule has 1 aliphatic rings. The first kappa shape index (κ1) is 13.3. The molecule has 0 radical (unpaired) electrons. The lowest BCUT2D eigenvalue weighted by molar-refractivity contribution is -0.118. The average Bonchev–Trinajstić information content (AvgIpc) is 2.83. The fourth-order valence-corrected chi connectivity index (χ4v) is 2.28. The van der Waals surface area contributed by atoms with Gasteiger partial charge in [0, 0.05) is 19.2 Å². The highest BCUT2D eigenvalue weighted by Gasteiger charge is 2.19. The van der Waals surface area contributed by atoms with Crippen molar-refractivity contribution < 1.29 is 14.1 Å². The molecular weight excluding hydrogens is 272 g/mol. The number of ether oxygens (including phenoxy) is 1. The molecule has 1 amide bonds. The van der Waals surface area contributed by atoms with Gasteiger partial charge < -0.3 is 25.2 Å². The minimum absolute atomic E-state index is 0.0137. The number of aryl methyl sites for hydroxylation is 1. The highest BCUT2D eigenvalue weighted by molar-refractivity contribution is 5.97. The highest BCUT2D eigenvalue weighted by atomic mass is 16.5. The molecule has 21 heavy (non-hydrogen) atoms. The van der Waals surface area contributed by atoms with Crippen LogP contribution in [-0.4, -0.2) is 24.7 Å². The van der Waals surface area contributed by atoms with Crippen LogP contribution in [0.5, 0.6) is 5.75 Å². The zero-order chi connectivity index (χ0) is 15.0. The number of hydrogen-bond acceptors (Lipinski definition) is 6. The summed E-state index contributed by atoms with van der Waals surface area (Å²) in [4.78, 5) is 13.3. The number of fused-ring (bicyclic) bond motifs is 1. The SMILES string of the molecule is Cc1cc(CN(C)c2cc3c(cc2N)OCC(=O)N3)no1. The fourth-order valence-electron chi connectivity index (χ4n) is 2.28. The van der Waals surface area contributed by atoms with Crippen LogP contribution >= 0.6 is 0 Å². The van der Waals surface area contributed by atoms with Crippen LogP contribution in [0.1, 0.15) is 11.5 Å². The van der Waals surface area contributed by atoms with Crippen molar-refractivity contribution in [1.82, 2.24) is 5.16 Å². The third-order valence-corrected chi connectivity index (χ3v) is 3.25. The van der Waals surface area contributed by atoms with E-state index in [9.17, 15) is 4.79 Å². The number of hydrogen-bond donors (Lipinski definition) is 2. The minimum atomic E-state index is -0.173. The zero-order valence-corrected chi connectivity index (χ0v) is 11.8. The fraction of sp³-hybridized carbons (Fsp3) is 0.286. The van der Waals surface area contributed by atoms with E-state index in [0.717, 1.165) is 17.1 Å². The molecule has 0 spiro atoms. The molecule has 0 fully saturated rings. The predicted octanol–water partition coefficient (Wildman–Crippen LogP) is 1.53. The lowest BCUT2D eigenvalue weighted by Gasteiger charge is -2.24. The Hall–Kier alpha value is -2.70. The lowest BCUT2D eigenvalue weighted by atomic mass is 10.2. The number of rotatable bonds is 3. The molecule has 1 aliphatic heterocycles. The third-order valence-electron chi connectivity index (χ3n) is 3.25. The Morgan fingerprint density at radius 2 is 2.24 bits per heavy atom. The van der Waals surface area contributed by atoms with Crippen molar-refractivity contribution in [1.29, 1.82) is 0 Å². The first-order valence-electron chi connectivity index (χ1n) is 6.52. The number of anilines is 3. The van der Waals surface area contributed by atoms with Gasteiger partial charge in [0.1, 0.15) is 17.2 Å². The van der Waals surface area contributed by atoms with E-state index in [-0.39, 0.29) is 12.5 Å². The molecule has 7 nitrogen and oxygen atoms in total. The summed E-state index contributed by atoms with van der Waals surface area (Å²) < 4.78 is 10.4. The van der Waals surface area contributed by atoms with Gasteiger partial charge in [-0.25, -0.2) is 0 Å². The predicted molar refractivity (Wildman–Crippen MR) is 78.3 cm³/mol. The van der Waals surface area contributed by atoms with Crippen molar-refractivity contribution in [2.45, 2.75) is 13.5 Å². The first-order chi connectivity index (χ1) is 10.0. The standard InChI is InChI=1S/C14H16N4O3/c1-8-3-9(17-21-8)6-18(2)12-5-11-13(4-10(12)15)20-7-14(19)16-11/h3-5H,6-7,15H2,1-2H3,(H,16,19). The minimum Gasteiger partial charge on any atom is -0.482 e. The first-order valence-corrected chi connectivity index (χ1v) is 6.52. The van der Waals surface area contributed by atoms with Gasteiger partial charge >= 0.3 is 0 Å². The maximum atomic E-state index is 11.4. The van der Waals surface area contributed by atoms with Gasteiger partial charge in [-0.2, -0.15) is 0 Å². The smallest absolute Gasteiger partial charge is 0.262 e. The molecule has 0 saturated heterocycles. The van der Waals surface area contributed by atoms with Crippen LogP contribution in [0.3, 0.4) is 0 Å². The van der Waals surface area contributed by atoms with Crippen LogP contribution in [0.2, 0.25) is 0 Å². The molecule has 7 heteroatoms. The van der Waals surface area contributed by atoms with Crippen molar-refractivity contribution in [2.75, 3.05) is 29.6 Å². The summed E-state index contributed by atoms with van der Waals surface area (Å²) in [5.41, 5.74) is 8.87. The van der Waals surface area contributed by atoms with Gasteiger partial charge in [0.05, 0.1) is 23.6 Å². The van der Waals surface area contributed by atoms with Crippen molar-refractivity contribution in [2.24, 2.45) is 0 Å². The number of carbonyl (C=O) groups excluding carboxylic acids is 1. The molecule has 0 aliphatic carbocycles. The van der Waals surface area contributed by atoms with Gasteiger partial charge in [-0.05, 0) is 13.0 Å². The number of benzene rings is 1. The summed E-state index contributed by atoms with van der Waals surface area (Å²) in [6, 6.07) is 5.39. The molecule has 1 aromatic heterocycles. The van der Waals surface area contributed by atoms with E-state index in [1.54, 1.807) is 12.1 Å². The Kier molecular flexibility index (Phi) is 3.17. The Labute approximate surface area is 121 Å². The van der Waals surface area contributed by atoms with Gasteiger partial charge in [0.2, 0.25) is 0 Å². The van der Waals surface area contributed by atoms with Gasteiger partial charge in [-0.3, -0.25) is 4.79 Å². The van der Waals surface area contributed by atoms with Gasteiger partial charge in [0.25, 0.3) is 5.91 Å². The molecular formula is C14H16N4O3. The zero-order valence-electron chi connectivity index (χ0n) is 11.8. The second-order valence-electron chi connectivity index (χ2n) is 5.03. The second kappa shape index (κ2) is 5.01. The number of carbonyl (C=O) groups is 1. The monoisotopic (exact) mass is 288 g/mol. The van der Waals surface area contributed by atoms with Gasteiger partial charge in [0.15, 0.2) is 6.61 Å². The maximum absolute atomic E-state index is 11.4. The van der Waals surface area contributed by atoms with Crippen LogP contribution in [0.25, 0.3) is 0 Å². The summed E-state index contributed by atoms with van der Waals surface area (Å²) in [6.45, 7) is 2.41. The van der Waals surface area contributed by atoms with Crippen molar-refractivity contribution in [3.8, 4) is 5.75 Å². The van der Waals surface area contributed by atoms with E-state index < -0.39 is 0 Å². The van der Waals surface area contributed by atoms with Crippen molar-refractivity contribution >= 4 is 23.0 Å². The molecule has 110 valence electrons. The third kappa shape index (κ3) is 2.62. The molecule has 0 atom stereocenters. The van der Waals surface area contributed by atoms with E-state index in [1.807, 2.05) is 24.9 Å².